The van der Waals surface area contributed by atoms with Gasteiger partial charge in [0.2, 0.25) is 0 Å². The van der Waals surface area contributed by atoms with Crippen molar-refractivity contribution < 1.29 is 4.79 Å². The molecule has 0 N–H and O–H groups in total. The number of fused-ring (bicyclic) bond motifs is 6. The van der Waals surface area contributed by atoms with Crippen molar-refractivity contribution in [3.05, 3.63) is 51.1 Å². The molecule has 158 valence electrons. The highest BCUT2D eigenvalue weighted by Crippen LogP contribution is 2.38. The van der Waals surface area contributed by atoms with Gasteiger partial charge in [-0.05, 0) is 50.5 Å². The number of hydrogen-bond acceptors (Lipinski definition) is 5. The molecule has 0 saturated carbocycles. The lowest BCUT2D eigenvalue weighted by atomic mass is 9.96. The monoisotopic (exact) mass is 432 g/mol. The highest BCUT2D eigenvalue weighted by atomic mass is 32.1. The van der Waals surface area contributed by atoms with Crippen LogP contribution in [0.5, 0.6) is 0 Å². The van der Waals surface area contributed by atoms with Crippen LogP contribution < -0.4 is 0 Å². The Morgan fingerprint density at radius 1 is 1.00 bits per heavy atom. The minimum absolute atomic E-state index is 0.178. The van der Waals surface area contributed by atoms with Crippen LogP contribution in [0.15, 0.2) is 24.5 Å². The predicted molar refractivity (Wildman–Crippen MR) is 119 cm³/mol. The summed E-state index contributed by atoms with van der Waals surface area (Å²) in [6, 6.07) is 4.28. The van der Waals surface area contributed by atoms with Crippen molar-refractivity contribution in [1.82, 2.24) is 29.3 Å². The molecule has 4 aromatic heterocycles. The first-order valence-electron chi connectivity index (χ1n) is 10.8. The van der Waals surface area contributed by atoms with Crippen LogP contribution >= 0.6 is 11.3 Å². The molecule has 2 aliphatic heterocycles. The minimum atomic E-state index is -0.178. The van der Waals surface area contributed by atoms with Gasteiger partial charge in [-0.3, -0.25) is 18.8 Å². The Balaban J connectivity index is 1.40. The zero-order valence-electron chi connectivity index (χ0n) is 17.9. The van der Waals surface area contributed by atoms with Gasteiger partial charge in [-0.25, -0.2) is 0 Å². The Labute approximate surface area is 184 Å². The maximum absolute atomic E-state index is 13.6. The highest BCUT2D eigenvalue weighted by Gasteiger charge is 2.33. The number of ketones is 1. The lowest BCUT2D eigenvalue weighted by Crippen LogP contribution is -2.21. The van der Waals surface area contributed by atoms with Crippen molar-refractivity contribution >= 4 is 17.1 Å². The van der Waals surface area contributed by atoms with Crippen molar-refractivity contribution in [3.8, 4) is 22.6 Å². The van der Waals surface area contributed by atoms with Gasteiger partial charge in [0.25, 0.3) is 0 Å². The van der Waals surface area contributed by atoms with E-state index < -0.39 is 0 Å². The second-order valence-electron chi connectivity index (χ2n) is 8.72. The van der Waals surface area contributed by atoms with Crippen LogP contribution in [0.2, 0.25) is 0 Å². The first-order valence-corrected chi connectivity index (χ1v) is 11.6. The van der Waals surface area contributed by atoms with E-state index in [1.54, 1.807) is 11.3 Å². The van der Waals surface area contributed by atoms with Gasteiger partial charge >= 0.3 is 0 Å². The Bertz CT molecular complexity index is 1340. The average molecular weight is 433 g/mol. The molecular weight excluding hydrogens is 408 g/mol. The smallest absolute Gasteiger partial charge is 0.178 e. The molecule has 4 aromatic rings. The van der Waals surface area contributed by atoms with Crippen molar-refractivity contribution in [1.29, 1.82) is 0 Å². The summed E-state index contributed by atoms with van der Waals surface area (Å²) in [6.45, 7) is 8.59. The topological polar surface area (TPSA) is 70.5 Å². The van der Waals surface area contributed by atoms with Gasteiger partial charge in [-0.1, -0.05) is 0 Å². The fraction of sp³-hybridized carbons (Fsp3) is 0.391. The molecule has 0 amide bonds. The van der Waals surface area contributed by atoms with Crippen LogP contribution in [-0.2, 0) is 26.1 Å². The van der Waals surface area contributed by atoms with Gasteiger partial charge in [-0.15, -0.1) is 11.3 Å². The zero-order chi connectivity index (χ0) is 21.3. The van der Waals surface area contributed by atoms with Crippen molar-refractivity contribution in [2.75, 3.05) is 0 Å². The number of hydrogen-bond donors (Lipinski definition) is 0. The standard InChI is InChI=1S/C23H24N6OS/c1-13-10-25-29-12-16(22(30)23-18(20(13)29)7-15(3)31-23)8-17-9-19-21-14(2)11-24-28(21)6-4-5-27(19)26-17/h7,9-11,16H,4-6,8,12H2,1-3H3. The fourth-order valence-corrected chi connectivity index (χ4v) is 6.04. The van der Waals surface area contributed by atoms with E-state index in [0.717, 1.165) is 68.7 Å². The molecule has 0 bridgehead atoms. The molecule has 6 heterocycles. The Hall–Kier alpha value is -3.00. The van der Waals surface area contributed by atoms with Crippen LogP contribution in [0.1, 0.15) is 37.8 Å². The first-order chi connectivity index (χ1) is 15.0. The van der Waals surface area contributed by atoms with E-state index in [9.17, 15) is 4.79 Å². The number of aromatic nitrogens is 6. The summed E-state index contributed by atoms with van der Waals surface area (Å²) < 4.78 is 6.18. The molecule has 0 saturated heterocycles. The number of rotatable bonds is 2. The summed E-state index contributed by atoms with van der Waals surface area (Å²) in [5, 5.41) is 14.0. The quantitative estimate of drug-likeness (QED) is 0.479. The molecule has 0 aromatic carbocycles. The SMILES string of the molecule is Cc1cc2c(s1)C(=O)C(Cc1cc3n(n1)CCCn1ncc(C)c1-3)Cn1ncc(C)c1-2. The summed E-state index contributed by atoms with van der Waals surface area (Å²) in [4.78, 5) is 15.6. The Kier molecular flexibility index (Phi) is 4.08. The average Bonchev–Trinajstić information content (AvgIpc) is 3.45. The van der Waals surface area contributed by atoms with E-state index in [0.29, 0.717) is 13.0 Å². The highest BCUT2D eigenvalue weighted by molar-refractivity contribution is 7.14. The number of nitrogens with zero attached hydrogens (tertiary/aromatic N) is 6. The van der Waals surface area contributed by atoms with E-state index >= 15 is 0 Å². The number of carbonyl (C=O) groups is 1. The minimum Gasteiger partial charge on any atom is -0.293 e. The van der Waals surface area contributed by atoms with Gasteiger partial charge in [0.1, 0.15) is 0 Å². The molecule has 6 rings (SSSR count). The molecular formula is C23H24N6OS. The van der Waals surface area contributed by atoms with Crippen molar-refractivity contribution in [2.24, 2.45) is 5.92 Å². The molecule has 0 aliphatic carbocycles. The van der Waals surface area contributed by atoms with Crippen LogP contribution in [0.4, 0.5) is 0 Å². The summed E-state index contributed by atoms with van der Waals surface area (Å²) in [5.74, 6) is 0.0323. The molecule has 7 nitrogen and oxygen atoms in total. The van der Waals surface area contributed by atoms with E-state index in [-0.39, 0.29) is 11.7 Å². The van der Waals surface area contributed by atoms with Crippen molar-refractivity contribution in [3.63, 3.8) is 0 Å². The van der Waals surface area contributed by atoms with Gasteiger partial charge in [0.15, 0.2) is 5.78 Å². The summed E-state index contributed by atoms with van der Waals surface area (Å²) in [7, 11) is 0. The maximum atomic E-state index is 13.6. The summed E-state index contributed by atoms with van der Waals surface area (Å²) in [5.41, 5.74) is 7.60. The number of carbonyl (C=O) groups excluding carboxylic acids is 1. The Morgan fingerprint density at radius 3 is 2.58 bits per heavy atom. The van der Waals surface area contributed by atoms with Crippen molar-refractivity contribution in [2.45, 2.75) is 53.2 Å². The largest absolute Gasteiger partial charge is 0.293 e. The lowest BCUT2D eigenvalue weighted by molar-refractivity contribution is 0.0910. The first kappa shape index (κ1) is 18.7. The number of aryl methyl sites for hydroxylation is 5. The van der Waals surface area contributed by atoms with E-state index in [2.05, 4.69) is 52.5 Å². The predicted octanol–water partition coefficient (Wildman–Crippen LogP) is 4.06. The van der Waals surface area contributed by atoms with E-state index in [1.165, 1.54) is 0 Å². The molecule has 1 atom stereocenters. The number of thiophene rings is 1. The van der Waals surface area contributed by atoms with E-state index in [4.69, 9.17) is 5.10 Å². The number of Topliss-reactive ketones (excluding diaryl/α,β-unsaturated/α-hetero) is 1. The molecule has 1 unspecified atom stereocenters. The molecule has 2 aliphatic rings. The molecule has 31 heavy (non-hydrogen) atoms. The normalized spacial score (nSPS) is 17.5. The van der Waals surface area contributed by atoms with E-state index in [1.807, 2.05) is 17.1 Å². The van der Waals surface area contributed by atoms with Crippen LogP contribution in [-0.4, -0.2) is 35.1 Å². The maximum Gasteiger partial charge on any atom is 0.178 e. The Morgan fingerprint density at radius 2 is 1.74 bits per heavy atom. The summed E-state index contributed by atoms with van der Waals surface area (Å²) in [6.07, 6.45) is 5.44. The molecule has 0 fully saturated rings. The zero-order valence-corrected chi connectivity index (χ0v) is 18.7. The van der Waals surface area contributed by atoms with Gasteiger partial charge in [0.05, 0.1) is 46.6 Å². The second-order valence-corrected chi connectivity index (χ2v) is 9.98. The summed E-state index contributed by atoms with van der Waals surface area (Å²) >= 11 is 1.60. The van der Waals surface area contributed by atoms with Crippen LogP contribution in [0, 0.1) is 26.7 Å². The van der Waals surface area contributed by atoms with Gasteiger partial charge < -0.3 is 0 Å². The van der Waals surface area contributed by atoms with Crippen LogP contribution in [0.3, 0.4) is 0 Å². The molecule has 8 heteroatoms. The van der Waals surface area contributed by atoms with Gasteiger partial charge in [0, 0.05) is 35.9 Å². The second kappa shape index (κ2) is 6.75. The molecule has 0 radical (unpaired) electrons. The molecule has 0 spiro atoms. The lowest BCUT2D eigenvalue weighted by Gasteiger charge is -2.12. The third-order valence-corrected chi connectivity index (χ3v) is 7.48. The third-order valence-electron chi connectivity index (χ3n) is 6.41. The van der Waals surface area contributed by atoms with Gasteiger partial charge in [-0.2, -0.15) is 15.3 Å². The fourth-order valence-electron chi connectivity index (χ4n) is 5.01. The van der Waals surface area contributed by atoms with Crippen LogP contribution in [0.25, 0.3) is 22.6 Å². The third kappa shape index (κ3) is 2.85.